The number of aliphatic imine (C=N–C) groups is 1. The van der Waals surface area contributed by atoms with Crippen molar-refractivity contribution in [1.82, 2.24) is 25.4 Å². The third kappa shape index (κ3) is 6.59. The molecule has 6 nitrogen and oxygen atoms in total. The molecule has 2 aliphatic carbocycles. The van der Waals surface area contributed by atoms with Crippen LogP contribution in [0.4, 0.5) is 0 Å². The van der Waals surface area contributed by atoms with Gasteiger partial charge in [0, 0.05) is 19.1 Å². The molecule has 0 aliphatic heterocycles. The molecule has 7 heteroatoms. The molecule has 1 aromatic rings. The molecular weight excluding hydrogens is 463 g/mol. The van der Waals surface area contributed by atoms with Gasteiger partial charge in [0.25, 0.3) is 0 Å². The van der Waals surface area contributed by atoms with E-state index in [2.05, 4.69) is 34.7 Å². The number of nitrogens with one attached hydrogen (secondary N) is 2. The summed E-state index contributed by atoms with van der Waals surface area (Å²) >= 11 is 0. The number of aromatic nitrogens is 3. The van der Waals surface area contributed by atoms with Gasteiger partial charge in [0.05, 0.1) is 0 Å². The Morgan fingerprint density at radius 2 is 1.61 bits per heavy atom. The monoisotopic (exact) mass is 502 g/mol. The van der Waals surface area contributed by atoms with Crippen LogP contribution in [-0.2, 0) is 13.6 Å². The van der Waals surface area contributed by atoms with Crippen molar-refractivity contribution >= 4 is 29.9 Å². The standard InChI is InChI=1S/C21H38N6.HI/c1-15(2)17-10-12-19(13-11-17)24-21(23-18-8-6-5-7-9-18)22-14-20-26-25-16(3)27(20)4;/h15,17-19H,5-14H2,1-4H3,(H2,22,23,24);1H. The van der Waals surface area contributed by atoms with Gasteiger partial charge in [-0.25, -0.2) is 4.99 Å². The molecule has 0 spiro atoms. The molecule has 2 N–H and O–H groups in total. The van der Waals surface area contributed by atoms with Crippen LogP contribution in [0.3, 0.4) is 0 Å². The average Bonchev–Trinajstić information content (AvgIpc) is 2.99. The highest BCUT2D eigenvalue weighted by Crippen LogP contribution is 2.29. The van der Waals surface area contributed by atoms with Crippen LogP contribution >= 0.6 is 24.0 Å². The molecule has 0 radical (unpaired) electrons. The van der Waals surface area contributed by atoms with Crippen LogP contribution in [0, 0.1) is 18.8 Å². The molecule has 0 aromatic carbocycles. The molecule has 28 heavy (non-hydrogen) atoms. The number of aryl methyl sites for hydroxylation is 1. The quantitative estimate of drug-likeness (QED) is 0.358. The maximum Gasteiger partial charge on any atom is 0.192 e. The first kappa shape index (κ1) is 23.4. The van der Waals surface area contributed by atoms with Gasteiger partial charge in [0.15, 0.2) is 11.8 Å². The van der Waals surface area contributed by atoms with E-state index in [0.29, 0.717) is 18.6 Å². The number of hydrogen-bond donors (Lipinski definition) is 2. The highest BCUT2D eigenvalue weighted by Gasteiger charge is 2.24. The summed E-state index contributed by atoms with van der Waals surface area (Å²) in [5.41, 5.74) is 0. The third-order valence-corrected chi connectivity index (χ3v) is 6.56. The SMILES string of the molecule is Cc1nnc(CN=C(NC2CCCCC2)NC2CCC(C(C)C)CC2)n1C.I. The normalized spacial score (nSPS) is 24.1. The Morgan fingerprint density at radius 3 is 2.14 bits per heavy atom. The minimum atomic E-state index is 0. The second kappa shape index (κ2) is 11.4. The predicted molar refractivity (Wildman–Crippen MR) is 126 cm³/mol. The van der Waals surface area contributed by atoms with E-state index in [4.69, 9.17) is 4.99 Å². The number of halogens is 1. The van der Waals surface area contributed by atoms with Crippen molar-refractivity contribution in [3.8, 4) is 0 Å². The Labute approximate surface area is 187 Å². The lowest BCUT2D eigenvalue weighted by atomic mass is 9.80. The van der Waals surface area contributed by atoms with Crippen molar-refractivity contribution in [3.05, 3.63) is 11.6 Å². The number of hydrogen-bond acceptors (Lipinski definition) is 3. The van der Waals surface area contributed by atoms with Gasteiger partial charge >= 0.3 is 0 Å². The van der Waals surface area contributed by atoms with Crippen LogP contribution in [-0.4, -0.2) is 32.8 Å². The van der Waals surface area contributed by atoms with Gasteiger partial charge in [0.1, 0.15) is 12.4 Å². The topological polar surface area (TPSA) is 67.1 Å². The van der Waals surface area contributed by atoms with Crippen LogP contribution in [0.15, 0.2) is 4.99 Å². The molecule has 0 atom stereocenters. The fraction of sp³-hybridized carbons (Fsp3) is 0.857. The highest BCUT2D eigenvalue weighted by molar-refractivity contribution is 14.0. The largest absolute Gasteiger partial charge is 0.354 e. The third-order valence-electron chi connectivity index (χ3n) is 6.56. The van der Waals surface area contributed by atoms with Crippen molar-refractivity contribution < 1.29 is 0 Å². The number of guanidine groups is 1. The Kier molecular flexibility index (Phi) is 9.50. The second-order valence-corrected chi connectivity index (χ2v) is 8.87. The molecule has 2 fully saturated rings. The summed E-state index contributed by atoms with van der Waals surface area (Å²) in [6, 6.07) is 1.09. The predicted octanol–water partition coefficient (Wildman–Crippen LogP) is 4.32. The van der Waals surface area contributed by atoms with Crippen molar-refractivity contribution in [2.24, 2.45) is 23.9 Å². The highest BCUT2D eigenvalue weighted by atomic mass is 127. The van der Waals surface area contributed by atoms with Gasteiger partial charge in [-0.3, -0.25) is 0 Å². The lowest BCUT2D eigenvalue weighted by molar-refractivity contribution is 0.249. The van der Waals surface area contributed by atoms with E-state index in [9.17, 15) is 0 Å². The molecule has 1 aromatic heterocycles. The summed E-state index contributed by atoms with van der Waals surface area (Å²) in [7, 11) is 2.01. The second-order valence-electron chi connectivity index (χ2n) is 8.87. The molecule has 2 aliphatic rings. The molecule has 0 unspecified atom stereocenters. The zero-order valence-electron chi connectivity index (χ0n) is 18.1. The fourth-order valence-electron chi connectivity index (χ4n) is 4.44. The smallest absolute Gasteiger partial charge is 0.192 e. The van der Waals surface area contributed by atoms with Gasteiger partial charge in [0.2, 0.25) is 0 Å². The summed E-state index contributed by atoms with van der Waals surface area (Å²) in [5, 5.41) is 15.9. The zero-order valence-corrected chi connectivity index (χ0v) is 20.4. The zero-order chi connectivity index (χ0) is 19.2. The minimum Gasteiger partial charge on any atom is -0.354 e. The van der Waals surface area contributed by atoms with E-state index in [1.54, 1.807) is 0 Å². The van der Waals surface area contributed by atoms with Crippen LogP contribution in [0.1, 0.15) is 83.3 Å². The van der Waals surface area contributed by atoms with Gasteiger partial charge < -0.3 is 15.2 Å². The van der Waals surface area contributed by atoms with Crippen LogP contribution in [0.2, 0.25) is 0 Å². The average molecular weight is 502 g/mol. The van der Waals surface area contributed by atoms with Crippen molar-refractivity contribution in [2.75, 3.05) is 0 Å². The Balaban J connectivity index is 0.00000280. The number of rotatable bonds is 5. The molecule has 3 rings (SSSR count). The first-order valence-electron chi connectivity index (χ1n) is 10.9. The first-order valence-corrected chi connectivity index (χ1v) is 10.9. The summed E-state index contributed by atoms with van der Waals surface area (Å²) in [4.78, 5) is 4.88. The van der Waals surface area contributed by atoms with Crippen molar-refractivity contribution in [2.45, 2.75) is 97.2 Å². The van der Waals surface area contributed by atoms with Gasteiger partial charge in [-0.1, -0.05) is 33.1 Å². The number of nitrogens with zero attached hydrogens (tertiary/aromatic N) is 4. The van der Waals surface area contributed by atoms with Gasteiger partial charge in [-0.05, 0) is 57.3 Å². The molecule has 0 saturated heterocycles. The Bertz CT molecular complexity index is 612. The first-order chi connectivity index (χ1) is 13.0. The van der Waals surface area contributed by atoms with Crippen LogP contribution < -0.4 is 10.6 Å². The molecule has 160 valence electrons. The summed E-state index contributed by atoms with van der Waals surface area (Å²) < 4.78 is 2.02. The summed E-state index contributed by atoms with van der Waals surface area (Å²) in [6.45, 7) is 7.27. The fourth-order valence-corrected chi connectivity index (χ4v) is 4.44. The lowest BCUT2D eigenvalue weighted by Crippen LogP contribution is -2.49. The molecule has 1 heterocycles. The minimum absolute atomic E-state index is 0. The van der Waals surface area contributed by atoms with Crippen molar-refractivity contribution in [3.63, 3.8) is 0 Å². The van der Waals surface area contributed by atoms with E-state index >= 15 is 0 Å². The van der Waals surface area contributed by atoms with Crippen molar-refractivity contribution in [1.29, 1.82) is 0 Å². The molecular formula is C21H39IN6. The Hall–Kier alpha value is -0.860. The van der Waals surface area contributed by atoms with E-state index in [1.807, 2.05) is 18.5 Å². The maximum absolute atomic E-state index is 4.88. The van der Waals surface area contributed by atoms with Gasteiger partial charge in [-0.2, -0.15) is 0 Å². The van der Waals surface area contributed by atoms with E-state index < -0.39 is 0 Å². The molecule has 2 saturated carbocycles. The van der Waals surface area contributed by atoms with Crippen LogP contribution in [0.5, 0.6) is 0 Å². The van der Waals surface area contributed by atoms with Gasteiger partial charge in [-0.15, -0.1) is 34.2 Å². The van der Waals surface area contributed by atoms with Crippen LogP contribution in [0.25, 0.3) is 0 Å². The van der Waals surface area contributed by atoms with E-state index in [-0.39, 0.29) is 24.0 Å². The summed E-state index contributed by atoms with van der Waals surface area (Å²) in [5.74, 6) is 4.51. The van der Waals surface area contributed by atoms with E-state index in [0.717, 1.165) is 29.4 Å². The molecule has 0 bridgehead atoms. The molecule has 0 amide bonds. The van der Waals surface area contributed by atoms with E-state index in [1.165, 1.54) is 57.8 Å². The summed E-state index contributed by atoms with van der Waals surface area (Å²) in [6.07, 6.45) is 11.7. The maximum atomic E-state index is 4.88. The Morgan fingerprint density at radius 1 is 1.00 bits per heavy atom. The lowest BCUT2D eigenvalue weighted by Gasteiger charge is -2.33.